The molecular weight excluding hydrogens is 315 g/mol. The third-order valence-corrected chi connectivity index (χ3v) is 3.66. The molecular formula is C16H15ClF3NO. The lowest BCUT2D eigenvalue weighted by atomic mass is 9.95. The van der Waals surface area contributed by atoms with Gasteiger partial charge < -0.3 is 10.4 Å². The molecule has 6 heteroatoms. The summed E-state index contributed by atoms with van der Waals surface area (Å²) in [7, 11) is 1.76. The Morgan fingerprint density at radius 3 is 2.50 bits per heavy atom. The molecule has 0 unspecified atom stereocenters. The molecule has 2 N–H and O–H groups in total. The topological polar surface area (TPSA) is 32.3 Å². The minimum absolute atomic E-state index is 0.153. The summed E-state index contributed by atoms with van der Waals surface area (Å²) in [6, 6.07) is 10.5. The standard InChI is InChI=1S/C16H15ClF3NO/c1-21-9-11-4-2-3-5-12(11)15(22)10-6-7-14(17)13(8-10)16(18,19)20/h2-8,15,21-22H,9H2,1H3/t15-/m0/s1. The highest BCUT2D eigenvalue weighted by atomic mass is 35.5. The molecule has 0 aliphatic heterocycles. The van der Waals surface area contributed by atoms with E-state index in [1.165, 1.54) is 6.07 Å². The SMILES string of the molecule is CNCc1ccccc1[C@@H](O)c1ccc(Cl)c(C(F)(F)F)c1. The van der Waals surface area contributed by atoms with Gasteiger partial charge in [-0.15, -0.1) is 0 Å². The van der Waals surface area contributed by atoms with Crippen LogP contribution in [0.5, 0.6) is 0 Å². The van der Waals surface area contributed by atoms with Crippen molar-refractivity contribution in [3.05, 3.63) is 69.7 Å². The molecule has 0 bridgehead atoms. The molecule has 0 saturated carbocycles. The summed E-state index contributed by atoms with van der Waals surface area (Å²) in [5.74, 6) is 0. The molecule has 1 atom stereocenters. The zero-order chi connectivity index (χ0) is 16.3. The van der Waals surface area contributed by atoms with Gasteiger partial charge in [0.1, 0.15) is 6.10 Å². The van der Waals surface area contributed by atoms with E-state index in [9.17, 15) is 18.3 Å². The first-order chi connectivity index (χ1) is 10.3. The largest absolute Gasteiger partial charge is 0.417 e. The number of hydrogen-bond acceptors (Lipinski definition) is 2. The van der Waals surface area contributed by atoms with Crippen LogP contribution in [0.1, 0.15) is 28.4 Å². The van der Waals surface area contributed by atoms with E-state index >= 15 is 0 Å². The van der Waals surface area contributed by atoms with E-state index in [1.54, 1.807) is 19.2 Å². The van der Waals surface area contributed by atoms with E-state index in [0.717, 1.165) is 17.7 Å². The van der Waals surface area contributed by atoms with Crippen LogP contribution in [-0.2, 0) is 12.7 Å². The van der Waals surface area contributed by atoms with E-state index in [2.05, 4.69) is 5.32 Å². The molecule has 118 valence electrons. The normalized spacial score (nSPS) is 13.2. The fraction of sp³-hybridized carbons (Fsp3) is 0.250. The monoisotopic (exact) mass is 329 g/mol. The molecule has 0 aliphatic carbocycles. The van der Waals surface area contributed by atoms with Gasteiger partial charge in [0, 0.05) is 6.54 Å². The highest BCUT2D eigenvalue weighted by Crippen LogP contribution is 2.37. The Bertz CT molecular complexity index is 658. The zero-order valence-corrected chi connectivity index (χ0v) is 12.5. The molecule has 0 aliphatic rings. The van der Waals surface area contributed by atoms with Crippen LogP contribution in [0.25, 0.3) is 0 Å². The predicted octanol–water partition coefficient (Wildman–Crippen LogP) is 4.16. The number of aliphatic hydroxyl groups excluding tert-OH is 1. The number of rotatable bonds is 4. The Kier molecular flexibility index (Phi) is 5.11. The molecule has 2 rings (SSSR count). The minimum atomic E-state index is -4.56. The average Bonchev–Trinajstić information content (AvgIpc) is 2.47. The molecule has 0 aromatic heterocycles. The smallest absolute Gasteiger partial charge is 0.384 e. The summed E-state index contributed by atoms with van der Waals surface area (Å²) in [4.78, 5) is 0. The van der Waals surface area contributed by atoms with Crippen LogP contribution < -0.4 is 5.32 Å². The predicted molar refractivity (Wildman–Crippen MR) is 79.7 cm³/mol. The summed E-state index contributed by atoms with van der Waals surface area (Å²) in [6.07, 6.45) is -5.71. The van der Waals surface area contributed by atoms with Gasteiger partial charge in [-0.3, -0.25) is 0 Å². The van der Waals surface area contributed by atoms with Crippen molar-refractivity contribution in [3.8, 4) is 0 Å². The number of nitrogens with one attached hydrogen (secondary N) is 1. The van der Waals surface area contributed by atoms with Crippen molar-refractivity contribution in [2.24, 2.45) is 0 Å². The highest BCUT2D eigenvalue weighted by Gasteiger charge is 2.34. The first-order valence-electron chi connectivity index (χ1n) is 6.61. The summed E-state index contributed by atoms with van der Waals surface area (Å²) < 4.78 is 38.8. The Morgan fingerprint density at radius 2 is 1.86 bits per heavy atom. The molecule has 2 aromatic carbocycles. The van der Waals surface area contributed by atoms with E-state index < -0.39 is 17.8 Å². The second-order valence-corrected chi connectivity index (χ2v) is 5.28. The zero-order valence-electron chi connectivity index (χ0n) is 11.8. The maximum atomic E-state index is 12.9. The summed E-state index contributed by atoms with van der Waals surface area (Å²) >= 11 is 5.60. The molecule has 0 spiro atoms. The van der Waals surface area contributed by atoms with Crippen LogP contribution >= 0.6 is 11.6 Å². The minimum Gasteiger partial charge on any atom is -0.384 e. The van der Waals surface area contributed by atoms with Gasteiger partial charge in [0.15, 0.2) is 0 Å². The molecule has 2 nitrogen and oxygen atoms in total. The van der Waals surface area contributed by atoms with Crippen molar-refractivity contribution in [1.82, 2.24) is 5.32 Å². The van der Waals surface area contributed by atoms with Crippen molar-refractivity contribution in [2.75, 3.05) is 7.05 Å². The third kappa shape index (κ3) is 3.61. The van der Waals surface area contributed by atoms with Gasteiger partial charge in [0.25, 0.3) is 0 Å². The van der Waals surface area contributed by atoms with E-state index in [0.29, 0.717) is 12.1 Å². The van der Waals surface area contributed by atoms with Crippen LogP contribution in [0.3, 0.4) is 0 Å². The highest BCUT2D eigenvalue weighted by molar-refractivity contribution is 6.31. The Morgan fingerprint density at radius 1 is 1.18 bits per heavy atom. The van der Waals surface area contributed by atoms with Gasteiger partial charge in [0.05, 0.1) is 10.6 Å². The fourth-order valence-corrected chi connectivity index (χ4v) is 2.49. The molecule has 0 heterocycles. The lowest BCUT2D eigenvalue weighted by Gasteiger charge is -2.18. The molecule has 0 saturated heterocycles. The van der Waals surface area contributed by atoms with Gasteiger partial charge in [-0.25, -0.2) is 0 Å². The van der Waals surface area contributed by atoms with Crippen molar-refractivity contribution in [1.29, 1.82) is 0 Å². The van der Waals surface area contributed by atoms with E-state index in [1.807, 2.05) is 12.1 Å². The van der Waals surface area contributed by atoms with Gasteiger partial charge in [-0.05, 0) is 35.9 Å². The lowest BCUT2D eigenvalue weighted by Crippen LogP contribution is -2.12. The van der Waals surface area contributed by atoms with Crippen molar-refractivity contribution in [2.45, 2.75) is 18.8 Å². The summed E-state index contributed by atoms with van der Waals surface area (Å²) in [5, 5.41) is 13.0. The van der Waals surface area contributed by atoms with Crippen LogP contribution in [-0.4, -0.2) is 12.2 Å². The van der Waals surface area contributed by atoms with Crippen LogP contribution in [0.4, 0.5) is 13.2 Å². The Labute approximate surface area is 131 Å². The first kappa shape index (κ1) is 16.8. The maximum Gasteiger partial charge on any atom is 0.417 e. The molecule has 2 aromatic rings. The van der Waals surface area contributed by atoms with Gasteiger partial charge in [0.2, 0.25) is 0 Å². The van der Waals surface area contributed by atoms with E-state index in [-0.39, 0.29) is 10.6 Å². The quantitative estimate of drug-likeness (QED) is 0.882. The first-order valence-corrected chi connectivity index (χ1v) is 6.99. The Hall–Kier alpha value is -1.56. The van der Waals surface area contributed by atoms with Crippen LogP contribution in [0.2, 0.25) is 5.02 Å². The Balaban J connectivity index is 2.44. The van der Waals surface area contributed by atoms with Gasteiger partial charge >= 0.3 is 6.18 Å². The number of alkyl halides is 3. The molecule has 0 amide bonds. The fourth-order valence-electron chi connectivity index (χ4n) is 2.26. The number of hydrogen-bond donors (Lipinski definition) is 2. The lowest BCUT2D eigenvalue weighted by molar-refractivity contribution is -0.137. The van der Waals surface area contributed by atoms with Crippen molar-refractivity contribution in [3.63, 3.8) is 0 Å². The second-order valence-electron chi connectivity index (χ2n) is 4.87. The summed E-state index contributed by atoms with van der Waals surface area (Å²) in [5.41, 5.74) is 0.588. The number of halogens is 4. The maximum absolute atomic E-state index is 12.9. The molecule has 0 fully saturated rings. The average molecular weight is 330 g/mol. The molecule has 22 heavy (non-hydrogen) atoms. The molecule has 0 radical (unpaired) electrons. The van der Waals surface area contributed by atoms with Gasteiger partial charge in [-0.2, -0.15) is 13.2 Å². The third-order valence-electron chi connectivity index (χ3n) is 3.33. The summed E-state index contributed by atoms with van der Waals surface area (Å²) in [6.45, 7) is 0.507. The van der Waals surface area contributed by atoms with Crippen LogP contribution in [0.15, 0.2) is 42.5 Å². The number of benzene rings is 2. The number of aliphatic hydroxyl groups is 1. The van der Waals surface area contributed by atoms with Crippen molar-refractivity contribution >= 4 is 11.6 Å². The van der Waals surface area contributed by atoms with Crippen molar-refractivity contribution < 1.29 is 18.3 Å². The van der Waals surface area contributed by atoms with Crippen LogP contribution in [0, 0.1) is 0 Å². The second kappa shape index (κ2) is 6.69. The van der Waals surface area contributed by atoms with Gasteiger partial charge in [-0.1, -0.05) is 41.9 Å². The van der Waals surface area contributed by atoms with E-state index in [4.69, 9.17) is 11.6 Å².